The monoisotopic (exact) mass is 321 g/mol. The summed E-state index contributed by atoms with van der Waals surface area (Å²) in [5, 5.41) is 1.43. The minimum absolute atomic E-state index is 0.00681. The molecule has 2 aromatic carbocycles. The maximum atomic E-state index is 13.2. The maximum Gasteiger partial charge on any atom is 0.195 e. The molecule has 1 aliphatic carbocycles. The van der Waals surface area contributed by atoms with E-state index in [1.165, 1.54) is 0 Å². The predicted octanol–water partition coefficient (Wildman–Crippen LogP) is 5.00. The molecule has 0 bridgehead atoms. The molecule has 0 amide bonds. The molecule has 4 rings (SSSR count). The highest BCUT2D eigenvalue weighted by molar-refractivity contribution is 6.35. The summed E-state index contributed by atoms with van der Waals surface area (Å²) in [5.41, 5.74) is 4.44. The Labute approximate surface area is 140 Å². The summed E-state index contributed by atoms with van der Waals surface area (Å²) < 4.78 is 0. The van der Waals surface area contributed by atoms with E-state index in [2.05, 4.69) is 0 Å². The average Bonchev–Trinajstić information content (AvgIpc) is 2.59. The van der Waals surface area contributed by atoms with Gasteiger partial charge in [-0.1, -0.05) is 41.9 Å². The highest BCUT2D eigenvalue weighted by atomic mass is 35.5. The zero-order chi connectivity index (χ0) is 15.8. The van der Waals surface area contributed by atoms with Crippen LogP contribution in [0.25, 0.3) is 10.9 Å². The first-order valence-electron chi connectivity index (χ1n) is 7.95. The Morgan fingerprint density at radius 1 is 0.957 bits per heavy atom. The van der Waals surface area contributed by atoms with Gasteiger partial charge in [-0.15, -0.1) is 0 Å². The highest BCUT2D eigenvalue weighted by Crippen LogP contribution is 2.32. The normalized spacial score (nSPS) is 13.8. The molecule has 0 spiro atoms. The molecule has 0 unspecified atom stereocenters. The minimum atomic E-state index is 0.00681. The number of halogens is 1. The first-order chi connectivity index (χ1) is 11.3. The van der Waals surface area contributed by atoms with Crippen LogP contribution in [0.1, 0.15) is 40.0 Å². The van der Waals surface area contributed by atoms with E-state index in [0.717, 1.165) is 53.4 Å². The second-order valence-electron chi connectivity index (χ2n) is 5.95. The Balaban J connectivity index is 2.02. The number of pyridine rings is 1. The molecule has 3 heteroatoms. The lowest BCUT2D eigenvalue weighted by molar-refractivity contribution is 0.103. The molecule has 0 saturated carbocycles. The predicted molar refractivity (Wildman–Crippen MR) is 93.3 cm³/mol. The Bertz CT molecular complexity index is 917. The number of fused-ring (bicyclic) bond motifs is 2. The molecule has 1 heterocycles. The highest BCUT2D eigenvalue weighted by Gasteiger charge is 2.24. The van der Waals surface area contributed by atoms with Crippen molar-refractivity contribution in [2.45, 2.75) is 25.7 Å². The van der Waals surface area contributed by atoms with Gasteiger partial charge in [0.2, 0.25) is 0 Å². The van der Waals surface area contributed by atoms with Crippen molar-refractivity contribution in [3.63, 3.8) is 0 Å². The van der Waals surface area contributed by atoms with Gasteiger partial charge in [-0.2, -0.15) is 0 Å². The van der Waals surface area contributed by atoms with Crippen molar-refractivity contribution < 1.29 is 4.79 Å². The zero-order valence-electron chi connectivity index (χ0n) is 12.7. The second-order valence-corrected chi connectivity index (χ2v) is 6.35. The summed E-state index contributed by atoms with van der Waals surface area (Å²) in [4.78, 5) is 18.0. The molecule has 114 valence electrons. The summed E-state index contributed by atoms with van der Waals surface area (Å²) in [5.74, 6) is 0.00681. The Kier molecular flexibility index (Phi) is 3.62. The summed E-state index contributed by atoms with van der Waals surface area (Å²) in [6.45, 7) is 0. The lowest BCUT2D eigenvalue weighted by Gasteiger charge is -2.20. The molecule has 0 atom stereocenters. The number of benzene rings is 2. The van der Waals surface area contributed by atoms with Crippen molar-refractivity contribution in [1.29, 1.82) is 0 Å². The molecule has 0 fully saturated rings. The molecule has 0 radical (unpaired) electrons. The summed E-state index contributed by atoms with van der Waals surface area (Å²) in [6.07, 6.45) is 4.11. The van der Waals surface area contributed by atoms with E-state index >= 15 is 0 Å². The number of aryl methyl sites for hydroxylation is 1. The van der Waals surface area contributed by atoms with E-state index in [-0.39, 0.29) is 5.78 Å². The van der Waals surface area contributed by atoms with Gasteiger partial charge in [-0.05, 0) is 49.4 Å². The van der Waals surface area contributed by atoms with Gasteiger partial charge in [0.25, 0.3) is 0 Å². The third-order valence-electron chi connectivity index (χ3n) is 4.51. The number of hydrogen-bond acceptors (Lipinski definition) is 2. The van der Waals surface area contributed by atoms with Gasteiger partial charge in [0.05, 0.1) is 10.5 Å². The number of aromatic nitrogens is 1. The third-order valence-corrected chi connectivity index (χ3v) is 4.84. The zero-order valence-corrected chi connectivity index (χ0v) is 13.4. The fourth-order valence-corrected chi connectivity index (χ4v) is 3.63. The molecular formula is C20H16ClNO. The van der Waals surface area contributed by atoms with Crippen molar-refractivity contribution in [2.24, 2.45) is 0 Å². The van der Waals surface area contributed by atoms with Crippen LogP contribution >= 0.6 is 11.6 Å². The second kappa shape index (κ2) is 5.78. The van der Waals surface area contributed by atoms with Crippen molar-refractivity contribution >= 4 is 28.3 Å². The van der Waals surface area contributed by atoms with Crippen LogP contribution in [0, 0.1) is 0 Å². The van der Waals surface area contributed by atoms with Gasteiger partial charge in [0.1, 0.15) is 0 Å². The van der Waals surface area contributed by atoms with Gasteiger partial charge in [-0.25, -0.2) is 0 Å². The standard InChI is InChI=1S/C20H16ClNO/c21-16-10-4-1-7-13(16)20(23)19-14-8-2-5-11-17(14)22-18-12-6-3-9-15(18)19/h1-2,4-5,7-8,10-11H,3,6,9,12H2. The van der Waals surface area contributed by atoms with E-state index in [9.17, 15) is 4.79 Å². The number of carbonyl (C=O) groups is 1. The van der Waals surface area contributed by atoms with Crippen molar-refractivity contribution in [2.75, 3.05) is 0 Å². The quantitative estimate of drug-likeness (QED) is 0.622. The number of carbonyl (C=O) groups excluding carboxylic acids is 1. The molecule has 0 aliphatic heterocycles. The lowest BCUT2D eigenvalue weighted by atomic mass is 9.86. The molecule has 0 saturated heterocycles. The van der Waals surface area contributed by atoms with Crippen LogP contribution in [0.15, 0.2) is 48.5 Å². The van der Waals surface area contributed by atoms with Crippen LogP contribution in [-0.2, 0) is 12.8 Å². The van der Waals surface area contributed by atoms with Crippen LogP contribution in [0.4, 0.5) is 0 Å². The summed E-state index contributed by atoms with van der Waals surface area (Å²) in [7, 11) is 0. The van der Waals surface area contributed by atoms with Crippen molar-refractivity contribution in [3.05, 3.63) is 75.9 Å². The molecular weight excluding hydrogens is 306 g/mol. The van der Waals surface area contributed by atoms with E-state index in [1.807, 2.05) is 36.4 Å². The van der Waals surface area contributed by atoms with E-state index in [0.29, 0.717) is 10.6 Å². The first kappa shape index (κ1) is 14.4. The molecule has 23 heavy (non-hydrogen) atoms. The average molecular weight is 322 g/mol. The van der Waals surface area contributed by atoms with Crippen LogP contribution in [0.3, 0.4) is 0 Å². The molecule has 3 aromatic rings. The molecule has 1 aromatic heterocycles. The van der Waals surface area contributed by atoms with Crippen LogP contribution < -0.4 is 0 Å². The first-order valence-corrected chi connectivity index (χ1v) is 8.33. The number of rotatable bonds is 2. The lowest BCUT2D eigenvalue weighted by Crippen LogP contribution is -2.14. The SMILES string of the molecule is O=C(c1ccccc1Cl)c1c2c(nc3ccccc13)CCCC2. The molecule has 0 N–H and O–H groups in total. The fourth-order valence-electron chi connectivity index (χ4n) is 3.41. The van der Waals surface area contributed by atoms with Gasteiger partial charge >= 0.3 is 0 Å². The Morgan fingerprint density at radius 2 is 1.70 bits per heavy atom. The van der Waals surface area contributed by atoms with Gasteiger partial charge in [0, 0.05) is 22.2 Å². The molecule has 2 nitrogen and oxygen atoms in total. The number of para-hydroxylation sites is 1. The molecule has 1 aliphatic rings. The minimum Gasteiger partial charge on any atom is -0.289 e. The van der Waals surface area contributed by atoms with Crippen LogP contribution in [0.2, 0.25) is 5.02 Å². The number of nitrogens with zero attached hydrogens (tertiary/aromatic N) is 1. The van der Waals surface area contributed by atoms with E-state index in [4.69, 9.17) is 16.6 Å². The van der Waals surface area contributed by atoms with E-state index < -0.39 is 0 Å². The largest absolute Gasteiger partial charge is 0.289 e. The van der Waals surface area contributed by atoms with Crippen LogP contribution in [-0.4, -0.2) is 10.8 Å². The smallest absolute Gasteiger partial charge is 0.195 e. The topological polar surface area (TPSA) is 30.0 Å². The van der Waals surface area contributed by atoms with Crippen LogP contribution in [0.5, 0.6) is 0 Å². The Hall–Kier alpha value is -2.19. The Morgan fingerprint density at radius 3 is 2.57 bits per heavy atom. The van der Waals surface area contributed by atoms with Crippen molar-refractivity contribution in [3.8, 4) is 0 Å². The number of ketones is 1. The fraction of sp³-hybridized carbons (Fsp3) is 0.200. The van der Waals surface area contributed by atoms with Gasteiger partial charge in [0.15, 0.2) is 5.78 Å². The maximum absolute atomic E-state index is 13.2. The van der Waals surface area contributed by atoms with E-state index in [1.54, 1.807) is 12.1 Å². The summed E-state index contributed by atoms with van der Waals surface area (Å²) in [6, 6.07) is 15.2. The summed E-state index contributed by atoms with van der Waals surface area (Å²) >= 11 is 6.27. The number of hydrogen-bond donors (Lipinski definition) is 0. The third kappa shape index (κ3) is 2.43. The van der Waals surface area contributed by atoms with Gasteiger partial charge in [-0.3, -0.25) is 9.78 Å². The van der Waals surface area contributed by atoms with Gasteiger partial charge < -0.3 is 0 Å². The van der Waals surface area contributed by atoms with Crippen molar-refractivity contribution in [1.82, 2.24) is 4.98 Å².